The lowest BCUT2D eigenvalue weighted by Crippen LogP contribution is -2.52. The molecule has 2 aromatic rings. The molecule has 1 saturated carbocycles. The van der Waals surface area contributed by atoms with Crippen LogP contribution in [0.3, 0.4) is 0 Å². The minimum atomic E-state index is -0.907. The molecule has 4 rings (SSSR count). The molecule has 3 unspecified atom stereocenters. The monoisotopic (exact) mass is 629 g/mol. The van der Waals surface area contributed by atoms with Gasteiger partial charge < -0.3 is 25.5 Å². The number of hydrogen-bond donors (Lipinski definition) is 3. The van der Waals surface area contributed by atoms with Gasteiger partial charge in [-0.15, -0.1) is 0 Å². The minimum absolute atomic E-state index is 0.114. The highest BCUT2D eigenvalue weighted by Crippen LogP contribution is 2.41. The molecular weight excluding hydrogens is 589 g/mol. The van der Waals surface area contributed by atoms with Crippen molar-refractivity contribution in [2.24, 2.45) is 11.8 Å². The van der Waals surface area contributed by atoms with Crippen LogP contribution in [-0.2, 0) is 24.5 Å². The molecule has 43 heavy (non-hydrogen) atoms. The summed E-state index contributed by atoms with van der Waals surface area (Å²) in [5.74, 6) is -0.651. The Bertz CT molecular complexity index is 1280. The predicted molar refractivity (Wildman–Crippen MR) is 167 cm³/mol. The molecule has 2 aromatic carbocycles. The van der Waals surface area contributed by atoms with Crippen LogP contribution in [0.2, 0.25) is 10.0 Å². The van der Waals surface area contributed by atoms with Crippen molar-refractivity contribution in [1.82, 2.24) is 16.0 Å². The number of hydrogen-bond acceptors (Lipinski definition) is 5. The number of rotatable bonds is 12. The Labute approximate surface area is 263 Å². The molecule has 1 aliphatic carbocycles. The van der Waals surface area contributed by atoms with Crippen molar-refractivity contribution >= 4 is 47.4 Å². The molecule has 1 heterocycles. The lowest BCUT2D eigenvalue weighted by molar-refractivity contribution is -0.127. The Balaban J connectivity index is 1.54. The van der Waals surface area contributed by atoms with Gasteiger partial charge in [0.1, 0.15) is 18.4 Å². The standard InChI is InChI=1S/C33H41Cl2N3O5/c1-33(2,24-9-6-10-26(35)19-24)29(22-11-13-25(34)14-12-22)43-32(42)38-28(17-21-7-4-3-5-8-21)31(41)37-27(20-39)18-23-15-16-36-30(23)40/h6,9-14,19-21,23,27-29H,3-5,7-8,15-18H2,1-2H3,(H,36,40)(H,37,41)(H,38,42)/t23-,27?,28?,29?/m0/s1. The van der Waals surface area contributed by atoms with Crippen molar-refractivity contribution in [2.45, 2.75) is 88.8 Å². The number of nitrogens with one attached hydrogen (secondary N) is 3. The van der Waals surface area contributed by atoms with Gasteiger partial charge in [-0.05, 0) is 60.6 Å². The van der Waals surface area contributed by atoms with Gasteiger partial charge in [-0.2, -0.15) is 0 Å². The Kier molecular flexibility index (Phi) is 11.5. The van der Waals surface area contributed by atoms with Crippen LogP contribution in [0.4, 0.5) is 4.79 Å². The van der Waals surface area contributed by atoms with E-state index in [9.17, 15) is 19.2 Å². The third kappa shape index (κ3) is 8.96. The van der Waals surface area contributed by atoms with Gasteiger partial charge in [-0.25, -0.2) is 4.79 Å². The molecule has 0 radical (unpaired) electrons. The quantitative estimate of drug-likeness (QED) is 0.239. The Morgan fingerprint density at radius 1 is 1.00 bits per heavy atom. The van der Waals surface area contributed by atoms with Gasteiger partial charge >= 0.3 is 6.09 Å². The third-order valence-corrected chi connectivity index (χ3v) is 9.20. The van der Waals surface area contributed by atoms with Crippen molar-refractivity contribution in [3.05, 3.63) is 69.7 Å². The van der Waals surface area contributed by atoms with E-state index in [0.29, 0.717) is 35.7 Å². The zero-order valence-electron chi connectivity index (χ0n) is 24.7. The Morgan fingerprint density at radius 3 is 2.35 bits per heavy atom. The van der Waals surface area contributed by atoms with Crippen LogP contribution in [0.25, 0.3) is 0 Å². The molecule has 1 aliphatic heterocycles. The first-order chi connectivity index (χ1) is 20.6. The maximum atomic E-state index is 13.6. The van der Waals surface area contributed by atoms with Crippen molar-refractivity contribution in [1.29, 1.82) is 0 Å². The fraction of sp³-hybridized carbons (Fsp3) is 0.515. The zero-order valence-corrected chi connectivity index (χ0v) is 26.3. The summed E-state index contributed by atoms with van der Waals surface area (Å²) in [5, 5.41) is 9.48. The largest absolute Gasteiger partial charge is 0.440 e. The summed E-state index contributed by atoms with van der Waals surface area (Å²) in [6.45, 7) is 4.48. The predicted octanol–water partition coefficient (Wildman–Crippen LogP) is 6.29. The Morgan fingerprint density at radius 2 is 1.72 bits per heavy atom. The summed E-state index contributed by atoms with van der Waals surface area (Å²) in [5.41, 5.74) is 0.893. The van der Waals surface area contributed by atoms with E-state index >= 15 is 0 Å². The second kappa shape index (κ2) is 15.1. The van der Waals surface area contributed by atoms with Gasteiger partial charge in [0.15, 0.2) is 0 Å². The van der Waals surface area contributed by atoms with Gasteiger partial charge in [0.05, 0.1) is 6.04 Å². The van der Waals surface area contributed by atoms with Crippen molar-refractivity contribution < 1.29 is 23.9 Å². The van der Waals surface area contributed by atoms with Gasteiger partial charge in [0.25, 0.3) is 0 Å². The highest BCUT2D eigenvalue weighted by Gasteiger charge is 2.38. The molecule has 2 fully saturated rings. The number of carbonyl (C=O) groups excluding carboxylic acids is 4. The molecule has 3 amide bonds. The van der Waals surface area contributed by atoms with Crippen LogP contribution < -0.4 is 16.0 Å². The normalized spacial score (nSPS) is 19.5. The molecule has 232 valence electrons. The second-order valence-electron chi connectivity index (χ2n) is 12.3. The van der Waals surface area contributed by atoms with Crippen LogP contribution in [0.15, 0.2) is 48.5 Å². The summed E-state index contributed by atoms with van der Waals surface area (Å²) in [6, 6.07) is 12.8. The number of amides is 3. The van der Waals surface area contributed by atoms with Crippen LogP contribution >= 0.6 is 23.2 Å². The van der Waals surface area contributed by atoms with Gasteiger partial charge in [-0.1, -0.05) is 93.4 Å². The number of ether oxygens (including phenoxy) is 1. The highest BCUT2D eigenvalue weighted by atomic mass is 35.5. The van der Waals surface area contributed by atoms with Crippen LogP contribution in [0, 0.1) is 11.8 Å². The average molecular weight is 631 g/mol. The average Bonchev–Trinajstić information content (AvgIpc) is 3.40. The number of alkyl carbamates (subject to hydrolysis) is 1. The second-order valence-corrected chi connectivity index (χ2v) is 13.1. The van der Waals surface area contributed by atoms with E-state index in [-0.39, 0.29) is 24.2 Å². The van der Waals surface area contributed by atoms with Crippen LogP contribution in [-0.4, -0.2) is 42.8 Å². The molecule has 10 heteroatoms. The van der Waals surface area contributed by atoms with E-state index in [2.05, 4.69) is 16.0 Å². The van der Waals surface area contributed by atoms with E-state index in [4.69, 9.17) is 27.9 Å². The molecule has 0 bridgehead atoms. The summed E-state index contributed by atoms with van der Waals surface area (Å²) in [7, 11) is 0. The number of benzene rings is 2. The maximum absolute atomic E-state index is 13.6. The van der Waals surface area contributed by atoms with Crippen molar-refractivity contribution in [2.75, 3.05) is 6.54 Å². The zero-order chi connectivity index (χ0) is 31.0. The molecule has 0 spiro atoms. The molecule has 8 nitrogen and oxygen atoms in total. The van der Waals surface area contributed by atoms with E-state index in [0.717, 1.165) is 43.2 Å². The molecule has 4 atom stereocenters. The maximum Gasteiger partial charge on any atom is 0.408 e. The summed E-state index contributed by atoms with van der Waals surface area (Å²) in [4.78, 5) is 51.1. The fourth-order valence-electron chi connectivity index (χ4n) is 6.19. The lowest BCUT2D eigenvalue weighted by atomic mass is 9.76. The Hall–Kier alpha value is -3.10. The smallest absolute Gasteiger partial charge is 0.408 e. The molecule has 3 N–H and O–H groups in total. The third-order valence-electron chi connectivity index (χ3n) is 8.72. The number of carbonyl (C=O) groups is 4. The van der Waals surface area contributed by atoms with Gasteiger partial charge in [0, 0.05) is 27.9 Å². The minimum Gasteiger partial charge on any atom is -0.440 e. The molecule has 1 saturated heterocycles. The first-order valence-electron chi connectivity index (χ1n) is 15.1. The van der Waals surface area contributed by atoms with Gasteiger partial charge in [-0.3, -0.25) is 9.59 Å². The summed E-state index contributed by atoms with van der Waals surface area (Å²) in [6.07, 6.45) is 5.66. The molecule has 0 aromatic heterocycles. The van der Waals surface area contributed by atoms with Crippen molar-refractivity contribution in [3.63, 3.8) is 0 Å². The van der Waals surface area contributed by atoms with E-state index in [1.807, 2.05) is 44.2 Å². The van der Waals surface area contributed by atoms with E-state index in [1.54, 1.807) is 18.2 Å². The van der Waals surface area contributed by atoms with E-state index in [1.165, 1.54) is 0 Å². The summed E-state index contributed by atoms with van der Waals surface area (Å²) >= 11 is 12.5. The van der Waals surface area contributed by atoms with E-state index < -0.39 is 35.6 Å². The highest BCUT2D eigenvalue weighted by molar-refractivity contribution is 6.30. The first-order valence-corrected chi connectivity index (χ1v) is 15.8. The summed E-state index contributed by atoms with van der Waals surface area (Å²) < 4.78 is 6.12. The SMILES string of the molecule is CC(C)(c1cccc(Cl)c1)C(OC(=O)NC(CC1CCCCC1)C(=O)NC(C=O)C[C@@H]1CCNC1=O)c1ccc(Cl)cc1. The van der Waals surface area contributed by atoms with Crippen molar-refractivity contribution in [3.8, 4) is 0 Å². The lowest BCUT2D eigenvalue weighted by Gasteiger charge is -2.35. The van der Waals surface area contributed by atoms with Crippen LogP contribution in [0.1, 0.15) is 82.4 Å². The topological polar surface area (TPSA) is 114 Å². The molecule has 2 aliphatic rings. The van der Waals surface area contributed by atoms with Crippen LogP contribution in [0.5, 0.6) is 0 Å². The fourth-order valence-corrected chi connectivity index (χ4v) is 6.51. The molecular formula is C33H41Cl2N3O5. The number of aldehydes is 1. The number of halogens is 2. The first kappa shape index (κ1) is 32.8. The van der Waals surface area contributed by atoms with Gasteiger partial charge in [0.2, 0.25) is 11.8 Å².